The van der Waals surface area contributed by atoms with Crippen molar-refractivity contribution in [2.75, 3.05) is 0 Å². The molecule has 80 valence electrons. The molecule has 3 nitrogen and oxygen atoms in total. The Kier molecular flexibility index (Phi) is 5.12. The van der Waals surface area contributed by atoms with Gasteiger partial charge in [-0.1, -0.05) is 39.0 Å². The summed E-state index contributed by atoms with van der Waals surface area (Å²) >= 11 is 0. The number of hydrogen-bond acceptors (Lipinski definition) is 2. The minimum atomic E-state index is 0.260. The lowest BCUT2D eigenvalue weighted by molar-refractivity contribution is 0.471. The van der Waals surface area contributed by atoms with Crippen LogP contribution in [0.4, 0.5) is 0 Å². The predicted octanol–water partition coefficient (Wildman–Crippen LogP) is 2.95. The molecule has 0 amide bonds. The van der Waals surface area contributed by atoms with Crippen molar-refractivity contribution in [2.24, 2.45) is 0 Å². The van der Waals surface area contributed by atoms with E-state index in [9.17, 15) is 0 Å². The zero-order valence-electron chi connectivity index (χ0n) is 8.95. The average molecular weight is 196 g/mol. The number of rotatable bonds is 7. The molecule has 0 aromatic carbocycles. The fraction of sp³-hybridized carbons (Fsp3) is 0.727. The number of aromatic nitrogens is 2. The largest absolute Gasteiger partial charge is 0.505 e. The molecule has 14 heavy (non-hydrogen) atoms. The first kappa shape index (κ1) is 11.1. The van der Waals surface area contributed by atoms with Crippen molar-refractivity contribution >= 4 is 0 Å². The molecule has 0 atom stereocenters. The summed E-state index contributed by atoms with van der Waals surface area (Å²) in [5.74, 6) is 0.260. The number of unbranched alkanes of at least 4 members (excludes halogenated alkanes) is 5. The van der Waals surface area contributed by atoms with E-state index in [0.29, 0.717) is 0 Å². The zero-order valence-corrected chi connectivity index (χ0v) is 8.95. The van der Waals surface area contributed by atoms with Crippen molar-refractivity contribution in [1.82, 2.24) is 9.78 Å². The molecule has 3 heteroatoms. The molecule has 0 bridgehead atoms. The van der Waals surface area contributed by atoms with E-state index in [2.05, 4.69) is 12.0 Å². The van der Waals surface area contributed by atoms with Crippen LogP contribution in [0.3, 0.4) is 0 Å². The van der Waals surface area contributed by atoms with E-state index in [4.69, 9.17) is 5.11 Å². The van der Waals surface area contributed by atoms with E-state index in [-0.39, 0.29) is 5.75 Å². The van der Waals surface area contributed by atoms with Crippen LogP contribution in [-0.2, 0) is 6.54 Å². The maximum atomic E-state index is 9.04. The van der Waals surface area contributed by atoms with E-state index >= 15 is 0 Å². The molecule has 0 aliphatic carbocycles. The Hall–Kier alpha value is -0.990. The topological polar surface area (TPSA) is 38.0 Å². The molecular formula is C11H20N2O. The Balaban J connectivity index is 1.99. The van der Waals surface area contributed by atoms with Crippen LogP contribution >= 0.6 is 0 Å². The monoisotopic (exact) mass is 196 g/mol. The van der Waals surface area contributed by atoms with Gasteiger partial charge in [-0.05, 0) is 6.42 Å². The summed E-state index contributed by atoms with van der Waals surface area (Å²) in [7, 11) is 0. The molecule has 0 aliphatic heterocycles. The summed E-state index contributed by atoms with van der Waals surface area (Å²) in [6, 6.07) is 0. The molecule has 1 rings (SSSR count). The second-order valence-electron chi connectivity index (χ2n) is 3.73. The SMILES string of the molecule is CCCCCCCCn1cc(O)cn1. The fourth-order valence-electron chi connectivity index (χ4n) is 1.53. The molecule has 0 unspecified atom stereocenters. The lowest BCUT2D eigenvalue weighted by Gasteiger charge is -2.01. The minimum Gasteiger partial charge on any atom is -0.505 e. The maximum Gasteiger partial charge on any atom is 0.153 e. The van der Waals surface area contributed by atoms with Gasteiger partial charge in [0.25, 0.3) is 0 Å². The maximum absolute atomic E-state index is 9.04. The molecule has 0 spiro atoms. The van der Waals surface area contributed by atoms with Crippen molar-refractivity contribution < 1.29 is 5.11 Å². The first-order valence-electron chi connectivity index (χ1n) is 5.54. The van der Waals surface area contributed by atoms with Crippen molar-refractivity contribution in [1.29, 1.82) is 0 Å². The van der Waals surface area contributed by atoms with Crippen LogP contribution in [0.15, 0.2) is 12.4 Å². The second-order valence-corrected chi connectivity index (χ2v) is 3.73. The van der Waals surface area contributed by atoms with Crippen molar-refractivity contribution in [2.45, 2.75) is 52.0 Å². The summed E-state index contributed by atoms with van der Waals surface area (Å²) in [5.41, 5.74) is 0. The third-order valence-electron chi connectivity index (χ3n) is 2.36. The Morgan fingerprint density at radius 2 is 1.93 bits per heavy atom. The van der Waals surface area contributed by atoms with Crippen LogP contribution < -0.4 is 0 Å². The molecule has 0 fully saturated rings. The molecule has 0 aliphatic rings. The Morgan fingerprint density at radius 1 is 1.21 bits per heavy atom. The van der Waals surface area contributed by atoms with Crippen LogP contribution in [-0.4, -0.2) is 14.9 Å². The number of nitrogens with zero attached hydrogens (tertiary/aromatic N) is 2. The van der Waals surface area contributed by atoms with Gasteiger partial charge in [-0.25, -0.2) is 0 Å². The molecule has 1 aromatic rings. The van der Waals surface area contributed by atoms with Crippen molar-refractivity contribution in [3.05, 3.63) is 12.4 Å². The standard InChI is InChI=1S/C11H20N2O/c1-2-3-4-5-6-7-8-13-10-11(14)9-12-13/h9-10,14H,2-8H2,1H3. The van der Waals surface area contributed by atoms with Crippen LogP contribution in [0.5, 0.6) is 5.75 Å². The molecule has 1 heterocycles. The van der Waals surface area contributed by atoms with Crippen LogP contribution in [0.1, 0.15) is 45.4 Å². The van der Waals surface area contributed by atoms with Gasteiger partial charge in [0.15, 0.2) is 5.75 Å². The minimum absolute atomic E-state index is 0.260. The van der Waals surface area contributed by atoms with E-state index < -0.39 is 0 Å². The van der Waals surface area contributed by atoms with Crippen LogP contribution in [0, 0.1) is 0 Å². The highest BCUT2D eigenvalue weighted by Gasteiger charge is 1.95. The van der Waals surface area contributed by atoms with Gasteiger partial charge in [-0.3, -0.25) is 4.68 Å². The van der Waals surface area contributed by atoms with Crippen LogP contribution in [0.2, 0.25) is 0 Å². The first-order chi connectivity index (χ1) is 6.83. The summed E-state index contributed by atoms with van der Waals surface area (Å²) in [4.78, 5) is 0. The Labute approximate surface area is 85.8 Å². The van der Waals surface area contributed by atoms with E-state index in [0.717, 1.165) is 13.0 Å². The highest BCUT2D eigenvalue weighted by atomic mass is 16.3. The fourth-order valence-corrected chi connectivity index (χ4v) is 1.53. The molecular weight excluding hydrogens is 176 g/mol. The van der Waals surface area contributed by atoms with Gasteiger partial charge >= 0.3 is 0 Å². The highest BCUT2D eigenvalue weighted by molar-refractivity contribution is 5.08. The summed E-state index contributed by atoms with van der Waals surface area (Å²) in [5, 5.41) is 13.1. The van der Waals surface area contributed by atoms with Gasteiger partial charge in [-0.15, -0.1) is 0 Å². The summed E-state index contributed by atoms with van der Waals surface area (Å²) in [6.07, 6.45) is 10.9. The van der Waals surface area contributed by atoms with Gasteiger partial charge in [-0.2, -0.15) is 5.10 Å². The second kappa shape index (κ2) is 6.46. The lowest BCUT2D eigenvalue weighted by Crippen LogP contribution is -1.97. The van der Waals surface area contributed by atoms with E-state index in [1.165, 1.54) is 38.3 Å². The molecule has 1 aromatic heterocycles. The smallest absolute Gasteiger partial charge is 0.153 e. The van der Waals surface area contributed by atoms with Crippen LogP contribution in [0.25, 0.3) is 0 Å². The van der Waals surface area contributed by atoms with Gasteiger partial charge in [0.05, 0.1) is 12.4 Å². The summed E-state index contributed by atoms with van der Waals surface area (Å²) < 4.78 is 1.80. The molecule has 0 radical (unpaired) electrons. The summed E-state index contributed by atoms with van der Waals surface area (Å²) in [6.45, 7) is 3.15. The highest BCUT2D eigenvalue weighted by Crippen LogP contribution is 2.08. The van der Waals surface area contributed by atoms with E-state index in [1.54, 1.807) is 10.9 Å². The molecule has 1 N–H and O–H groups in total. The van der Waals surface area contributed by atoms with Gasteiger partial charge in [0, 0.05) is 6.54 Å². The first-order valence-corrected chi connectivity index (χ1v) is 5.54. The normalized spacial score (nSPS) is 10.6. The Bertz CT molecular complexity index is 245. The third kappa shape index (κ3) is 4.30. The van der Waals surface area contributed by atoms with Gasteiger partial charge in [0.1, 0.15) is 0 Å². The van der Waals surface area contributed by atoms with Gasteiger partial charge in [0.2, 0.25) is 0 Å². The molecule has 0 saturated carbocycles. The van der Waals surface area contributed by atoms with Crippen molar-refractivity contribution in [3.8, 4) is 5.75 Å². The number of aromatic hydroxyl groups is 1. The van der Waals surface area contributed by atoms with Crippen molar-refractivity contribution in [3.63, 3.8) is 0 Å². The number of aryl methyl sites for hydroxylation is 1. The Morgan fingerprint density at radius 3 is 2.57 bits per heavy atom. The molecule has 0 saturated heterocycles. The van der Waals surface area contributed by atoms with Gasteiger partial charge < -0.3 is 5.11 Å². The lowest BCUT2D eigenvalue weighted by atomic mass is 10.1. The zero-order chi connectivity index (χ0) is 10.2. The third-order valence-corrected chi connectivity index (χ3v) is 2.36. The predicted molar refractivity (Wildman–Crippen MR) is 57.3 cm³/mol. The quantitative estimate of drug-likeness (QED) is 0.681. The average Bonchev–Trinajstić information content (AvgIpc) is 2.58. The number of hydrogen-bond donors (Lipinski definition) is 1. The van der Waals surface area contributed by atoms with E-state index in [1.807, 2.05) is 0 Å².